The number of nitrogens with zero attached hydrogens (tertiary/aromatic N) is 2. The Morgan fingerprint density at radius 3 is 2.65 bits per heavy atom. The molecule has 0 unspecified atom stereocenters. The Morgan fingerprint density at radius 2 is 2.18 bits per heavy atom. The highest BCUT2D eigenvalue weighted by Gasteiger charge is 2.24. The van der Waals surface area contributed by atoms with E-state index >= 15 is 0 Å². The highest BCUT2D eigenvalue weighted by Crippen LogP contribution is 2.22. The topological polar surface area (TPSA) is 44.1 Å². The number of halogens is 2. The number of rotatable bonds is 5. The number of hydrogen-bond donors (Lipinski definition) is 0. The van der Waals surface area contributed by atoms with Gasteiger partial charge in [-0.2, -0.15) is 5.10 Å². The van der Waals surface area contributed by atoms with Crippen LogP contribution in [0, 0.1) is 5.92 Å². The Labute approximate surface area is 98.6 Å². The van der Waals surface area contributed by atoms with E-state index in [4.69, 9.17) is 4.74 Å². The molecule has 0 aliphatic heterocycles. The van der Waals surface area contributed by atoms with Crippen LogP contribution in [0.5, 0.6) is 0 Å². The number of ether oxygens (including phenoxy) is 1. The number of carbonyl (C=O) groups excluding carboxylic acids is 1. The highest BCUT2D eigenvalue weighted by atomic mass is 19.3. The number of carbonyl (C=O) groups is 1. The first kappa shape index (κ1) is 13.6. The van der Waals surface area contributed by atoms with E-state index in [0.29, 0.717) is 6.54 Å². The molecular formula is C11H16F2N2O2. The molecule has 96 valence electrons. The average Bonchev–Trinajstić information content (AvgIpc) is 2.61. The summed E-state index contributed by atoms with van der Waals surface area (Å²) in [6.45, 7) is 6.13. The summed E-state index contributed by atoms with van der Waals surface area (Å²) in [6.07, 6.45) is -1.46. The summed E-state index contributed by atoms with van der Waals surface area (Å²) >= 11 is 0. The molecule has 17 heavy (non-hydrogen) atoms. The second-order valence-electron chi connectivity index (χ2n) is 4.07. The minimum atomic E-state index is -2.78. The lowest BCUT2D eigenvalue weighted by Crippen LogP contribution is -2.06. The number of aromatic nitrogens is 2. The first-order chi connectivity index (χ1) is 7.95. The van der Waals surface area contributed by atoms with Crippen LogP contribution < -0.4 is 0 Å². The van der Waals surface area contributed by atoms with Gasteiger partial charge in [0, 0.05) is 12.7 Å². The van der Waals surface area contributed by atoms with Crippen molar-refractivity contribution < 1.29 is 18.3 Å². The van der Waals surface area contributed by atoms with Crippen molar-refractivity contribution in [1.82, 2.24) is 9.78 Å². The van der Waals surface area contributed by atoms with Gasteiger partial charge in [0.1, 0.15) is 11.3 Å². The summed E-state index contributed by atoms with van der Waals surface area (Å²) < 4.78 is 31.5. The molecule has 1 aromatic rings. The third-order valence-corrected chi connectivity index (χ3v) is 2.04. The molecule has 0 radical (unpaired) electrons. The summed E-state index contributed by atoms with van der Waals surface area (Å²) in [5.74, 6) is -0.492. The van der Waals surface area contributed by atoms with Crippen LogP contribution in [-0.2, 0) is 11.3 Å². The fourth-order valence-corrected chi connectivity index (χ4v) is 1.43. The van der Waals surface area contributed by atoms with Gasteiger partial charge in [-0.25, -0.2) is 13.6 Å². The van der Waals surface area contributed by atoms with Gasteiger partial charge in [-0.3, -0.25) is 4.68 Å². The first-order valence-corrected chi connectivity index (χ1v) is 5.48. The quantitative estimate of drug-likeness (QED) is 0.750. The first-order valence-electron chi connectivity index (χ1n) is 5.48. The van der Waals surface area contributed by atoms with Crippen molar-refractivity contribution in [3.63, 3.8) is 0 Å². The zero-order valence-corrected chi connectivity index (χ0v) is 10.1. The van der Waals surface area contributed by atoms with Gasteiger partial charge in [0.05, 0.1) is 6.61 Å². The molecule has 0 atom stereocenters. The van der Waals surface area contributed by atoms with Crippen molar-refractivity contribution in [3.8, 4) is 0 Å². The van der Waals surface area contributed by atoms with Crippen molar-refractivity contribution in [2.45, 2.75) is 33.7 Å². The van der Waals surface area contributed by atoms with E-state index in [1.54, 1.807) is 6.92 Å². The van der Waals surface area contributed by atoms with E-state index < -0.39 is 18.1 Å². The summed E-state index contributed by atoms with van der Waals surface area (Å²) in [7, 11) is 0. The normalized spacial score (nSPS) is 11.2. The minimum absolute atomic E-state index is 0.150. The Balaban J connectivity index is 3.00. The lowest BCUT2D eigenvalue weighted by atomic mass is 10.2. The van der Waals surface area contributed by atoms with Crippen LogP contribution >= 0.6 is 0 Å². The van der Waals surface area contributed by atoms with Crippen molar-refractivity contribution in [1.29, 1.82) is 0 Å². The molecular weight excluding hydrogens is 230 g/mol. The van der Waals surface area contributed by atoms with Crippen LogP contribution in [0.2, 0.25) is 0 Å². The van der Waals surface area contributed by atoms with Crippen LogP contribution in [0.3, 0.4) is 0 Å². The van der Waals surface area contributed by atoms with Gasteiger partial charge in [-0.1, -0.05) is 13.8 Å². The van der Waals surface area contributed by atoms with E-state index in [9.17, 15) is 13.6 Å². The fraction of sp³-hybridized carbons (Fsp3) is 0.636. The Morgan fingerprint density at radius 1 is 1.53 bits per heavy atom. The predicted octanol–water partition coefficient (Wildman–Crippen LogP) is 2.65. The summed E-state index contributed by atoms with van der Waals surface area (Å²) in [6, 6.07) is 0. The lowest BCUT2D eigenvalue weighted by molar-refractivity contribution is 0.0515. The van der Waals surface area contributed by atoms with Gasteiger partial charge in [0.25, 0.3) is 6.43 Å². The summed E-state index contributed by atoms with van der Waals surface area (Å²) in [4.78, 5) is 11.5. The molecule has 0 saturated heterocycles. The molecule has 0 fully saturated rings. The van der Waals surface area contributed by atoms with Crippen molar-refractivity contribution in [2.75, 3.05) is 6.61 Å². The summed E-state index contributed by atoms with van der Waals surface area (Å²) in [5.41, 5.74) is -0.661. The molecule has 1 aromatic heterocycles. The third-order valence-electron chi connectivity index (χ3n) is 2.04. The van der Waals surface area contributed by atoms with E-state index in [1.807, 2.05) is 13.8 Å². The van der Waals surface area contributed by atoms with E-state index in [2.05, 4.69) is 5.10 Å². The molecule has 4 nitrogen and oxygen atoms in total. The zero-order valence-electron chi connectivity index (χ0n) is 10.1. The lowest BCUT2D eigenvalue weighted by Gasteiger charge is -2.03. The maximum absolute atomic E-state index is 12.7. The maximum atomic E-state index is 12.7. The van der Waals surface area contributed by atoms with Crippen LogP contribution in [-0.4, -0.2) is 22.4 Å². The molecule has 0 amide bonds. The third kappa shape index (κ3) is 3.51. The van der Waals surface area contributed by atoms with Crippen LogP contribution in [0.25, 0.3) is 0 Å². The average molecular weight is 246 g/mol. The zero-order chi connectivity index (χ0) is 13.0. The molecule has 1 rings (SSSR count). The number of esters is 1. The van der Waals surface area contributed by atoms with E-state index in [-0.39, 0.29) is 18.1 Å². The van der Waals surface area contributed by atoms with Crippen LogP contribution in [0.15, 0.2) is 6.20 Å². The molecule has 1 heterocycles. The second-order valence-corrected chi connectivity index (χ2v) is 4.07. The monoisotopic (exact) mass is 246 g/mol. The number of alkyl halides is 2. The predicted molar refractivity (Wildman–Crippen MR) is 58.0 cm³/mol. The molecule has 0 spiro atoms. The van der Waals surface area contributed by atoms with Crippen molar-refractivity contribution in [2.24, 2.45) is 5.92 Å². The minimum Gasteiger partial charge on any atom is -0.462 e. The van der Waals surface area contributed by atoms with Gasteiger partial charge >= 0.3 is 5.97 Å². The molecule has 6 heteroatoms. The standard InChI is InChI=1S/C11H16F2N2O2/c1-4-17-11(16)8-6-15(5-7(2)3)14-9(8)10(12)13/h6-7,10H,4-5H2,1-3H3. The number of hydrogen-bond acceptors (Lipinski definition) is 3. The molecule has 0 saturated carbocycles. The molecule has 0 N–H and O–H groups in total. The molecule has 0 aliphatic carbocycles. The smallest absolute Gasteiger partial charge is 0.341 e. The van der Waals surface area contributed by atoms with Crippen molar-refractivity contribution >= 4 is 5.97 Å². The second kappa shape index (κ2) is 5.75. The SMILES string of the molecule is CCOC(=O)c1cn(CC(C)C)nc1C(F)F. The van der Waals surface area contributed by atoms with Crippen LogP contribution in [0.4, 0.5) is 8.78 Å². The van der Waals surface area contributed by atoms with Gasteiger partial charge in [0.15, 0.2) is 0 Å². The Kier molecular flexibility index (Phi) is 4.60. The van der Waals surface area contributed by atoms with Gasteiger partial charge in [0.2, 0.25) is 0 Å². The fourth-order valence-electron chi connectivity index (χ4n) is 1.43. The van der Waals surface area contributed by atoms with E-state index in [0.717, 1.165) is 0 Å². The highest BCUT2D eigenvalue weighted by molar-refractivity contribution is 5.90. The van der Waals surface area contributed by atoms with Gasteiger partial charge < -0.3 is 4.74 Å². The van der Waals surface area contributed by atoms with Gasteiger partial charge in [-0.15, -0.1) is 0 Å². The molecule has 0 aromatic carbocycles. The van der Waals surface area contributed by atoms with Crippen molar-refractivity contribution in [3.05, 3.63) is 17.5 Å². The Bertz CT molecular complexity index is 389. The van der Waals surface area contributed by atoms with Crippen LogP contribution in [0.1, 0.15) is 43.2 Å². The maximum Gasteiger partial charge on any atom is 0.341 e. The van der Waals surface area contributed by atoms with E-state index in [1.165, 1.54) is 10.9 Å². The van der Waals surface area contributed by atoms with Gasteiger partial charge in [-0.05, 0) is 12.8 Å². The molecule has 0 aliphatic rings. The largest absolute Gasteiger partial charge is 0.462 e. The summed E-state index contributed by atoms with van der Waals surface area (Å²) in [5, 5.41) is 3.72. The Hall–Kier alpha value is -1.46. The molecule has 0 bridgehead atoms.